The molecule has 19 heavy (non-hydrogen) atoms. The summed E-state index contributed by atoms with van der Waals surface area (Å²) in [6, 6.07) is 16.7. The summed E-state index contributed by atoms with van der Waals surface area (Å²) in [5.74, 6) is 6.56. The molecular weight excluding hydrogens is 228 g/mol. The normalized spacial score (nSPS) is 9.79. The molecule has 0 radical (unpaired) electrons. The number of hydrogen-bond acceptors (Lipinski definition) is 0. The second-order valence-electron chi connectivity index (χ2n) is 4.88. The highest BCUT2D eigenvalue weighted by Crippen LogP contribution is 2.14. The van der Waals surface area contributed by atoms with Crippen molar-refractivity contribution in [1.82, 2.24) is 0 Å². The quantitative estimate of drug-likeness (QED) is 0.688. The lowest BCUT2D eigenvalue weighted by Crippen LogP contribution is -1.91. The van der Waals surface area contributed by atoms with Crippen molar-refractivity contribution in [3.8, 4) is 11.8 Å². The van der Waals surface area contributed by atoms with Gasteiger partial charge in [-0.2, -0.15) is 0 Å². The van der Waals surface area contributed by atoms with Crippen molar-refractivity contribution in [3.05, 3.63) is 70.8 Å². The van der Waals surface area contributed by atoms with E-state index in [4.69, 9.17) is 0 Å². The van der Waals surface area contributed by atoms with E-state index in [1.54, 1.807) is 0 Å². The minimum atomic E-state index is 1.07. The summed E-state index contributed by atoms with van der Waals surface area (Å²) in [6.45, 7) is 4.37. The number of rotatable bonds is 3. The first-order chi connectivity index (χ1) is 9.29. The Morgan fingerprint density at radius 3 is 2.47 bits per heavy atom. The van der Waals surface area contributed by atoms with Crippen molar-refractivity contribution in [3.63, 3.8) is 0 Å². The summed E-state index contributed by atoms with van der Waals surface area (Å²) in [4.78, 5) is 0. The van der Waals surface area contributed by atoms with Gasteiger partial charge < -0.3 is 0 Å². The third-order valence-corrected chi connectivity index (χ3v) is 3.18. The van der Waals surface area contributed by atoms with Crippen molar-refractivity contribution in [2.24, 2.45) is 0 Å². The number of benzene rings is 2. The van der Waals surface area contributed by atoms with Gasteiger partial charge in [-0.05, 0) is 43.5 Å². The molecule has 0 saturated heterocycles. The molecule has 0 N–H and O–H groups in total. The van der Waals surface area contributed by atoms with Crippen LogP contribution < -0.4 is 0 Å². The molecule has 96 valence electrons. The van der Waals surface area contributed by atoms with Crippen LogP contribution in [-0.4, -0.2) is 0 Å². The summed E-state index contributed by atoms with van der Waals surface area (Å²) in [7, 11) is 0. The minimum absolute atomic E-state index is 1.07. The molecular formula is C19H20. The molecule has 0 aliphatic carbocycles. The Hall–Kier alpha value is -2.00. The van der Waals surface area contributed by atoms with Crippen LogP contribution in [0.25, 0.3) is 0 Å². The first kappa shape index (κ1) is 13.4. The van der Waals surface area contributed by atoms with Crippen LogP contribution in [-0.2, 0) is 6.42 Å². The molecule has 0 bridgehead atoms. The number of hydrogen-bond donors (Lipinski definition) is 0. The fourth-order valence-corrected chi connectivity index (χ4v) is 2.08. The molecule has 2 aromatic carbocycles. The zero-order valence-electron chi connectivity index (χ0n) is 11.7. The average Bonchev–Trinajstić information content (AvgIpc) is 2.45. The topological polar surface area (TPSA) is 0 Å². The molecule has 0 unspecified atom stereocenters. The van der Waals surface area contributed by atoms with Crippen LogP contribution in [0.3, 0.4) is 0 Å². The molecule has 2 aromatic rings. The van der Waals surface area contributed by atoms with Gasteiger partial charge in [0, 0.05) is 11.1 Å². The molecule has 0 heteroatoms. The minimum Gasteiger partial charge on any atom is -0.0654 e. The zero-order chi connectivity index (χ0) is 13.5. The Morgan fingerprint density at radius 1 is 0.947 bits per heavy atom. The molecule has 0 aromatic heterocycles. The van der Waals surface area contributed by atoms with Gasteiger partial charge in [-0.15, -0.1) is 0 Å². The Balaban J connectivity index is 2.27. The smallest absolute Gasteiger partial charge is 0.0281 e. The lowest BCUT2D eigenvalue weighted by Gasteiger charge is -2.05. The van der Waals surface area contributed by atoms with Gasteiger partial charge in [0.25, 0.3) is 0 Å². The van der Waals surface area contributed by atoms with E-state index in [0.29, 0.717) is 0 Å². The maximum atomic E-state index is 3.32. The molecule has 0 spiro atoms. The highest BCUT2D eigenvalue weighted by Gasteiger charge is 2.00. The van der Waals surface area contributed by atoms with E-state index in [-0.39, 0.29) is 0 Å². The second kappa shape index (κ2) is 6.81. The highest BCUT2D eigenvalue weighted by atomic mass is 14.0. The van der Waals surface area contributed by atoms with Gasteiger partial charge in [-0.25, -0.2) is 0 Å². The van der Waals surface area contributed by atoms with Crippen LogP contribution in [0.5, 0.6) is 0 Å². The maximum Gasteiger partial charge on any atom is 0.0281 e. The van der Waals surface area contributed by atoms with Gasteiger partial charge in [0.15, 0.2) is 0 Å². The second-order valence-corrected chi connectivity index (χ2v) is 4.88. The van der Waals surface area contributed by atoms with Crippen LogP contribution in [0.4, 0.5) is 0 Å². The molecule has 0 atom stereocenters. The van der Waals surface area contributed by atoms with Gasteiger partial charge in [0.1, 0.15) is 0 Å². The summed E-state index contributed by atoms with van der Waals surface area (Å²) >= 11 is 0. The summed E-state index contributed by atoms with van der Waals surface area (Å²) in [6.07, 6.45) is 3.57. The molecule has 2 rings (SSSR count). The summed E-state index contributed by atoms with van der Waals surface area (Å²) in [5.41, 5.74) is 4.94. The molecule has 0 aliphatic heterocycles. The van der Waals surface area contributed by atoms with Gasteiger partial charge in [-0.1, -0.05) is 61.1 Å². The fourth-order valence-electron chi connectivity index (χ4n) is 2.08. The van der Waals surface area contributed by atoms with Crippen LogP contribution in [0.15, 0.2) is 48.5 Å². The van der Waals surface area contributed by atoms with Gasteiger partial charge in [0.2, 0.25) is 0 Å². The molecule has 0 amide bonds. The lowest BCUT2D eigenvalue weighted by atomic mass is 9.99. The summed E-state index contributed by atoms with van der Waals surface area (Å²) < 4.78 is 0. The number of unbranched alkanes of at least 4 members (excludes halogenated alkanes) is 1. The largest absolute Gasteiger partial charge is 0.0654 e. The van der Waals surface area contributed by atoms with E-state index in [1.807, 2.05) is 30.3 Å². The third-order valence-electron chi connectivity index (χ3n) is 3.18. The Morgan fingerprint density at radius 2 is 1.74 bits per heavy atom. The fraction of sp³-hybridized carbons (Fsp3) is 0.263. The van der Waals surface area contributed by atoms with Gasteiger partial charge in [-0.3, -0.25) is 0 Å². The Kier molecular flexibility index (Phi) is 4.81. The van der Waals surface area contributed by atoms with Crippen molar-refractivity contribution < 1.29 is 0 Å². The first-order valence-electron chi connectivity index (χ1n) is 6.96. The van der Waals surface area contributed by atoms with E-state index in [9.17, 15) is 0 Å². The van der Waals surface area contributed by atoms with E-state index in [1.165, 1.54) is 29.5 Å². The average molecular weight is 248 g/mol. The van der Waals surface area contributed by atoms with Gasteiger partial charge in [0.05, 0.1) is 0 Å². The van der Waals surface area contributed by atoms with E-state index >= 15 is 0 Å². The zero-order valence-corrected chi connectivity index (χ0v) is 11.7. The molecule has 0 fully saturated rings. The van der Waals surface area contributed by atoms with Crippen LogP contribution in [0.1, 0.15) is 42.0 Å². The van der Waals surface area contributed by atoms with Gasteiger partial charge >= 0.3 is 0 Å². The molecule has 0 heterocycles. The SMILES string of the molecule is CCCCc1cc(C)ccc1C#Cc1ccccc1. The monoisotopic (exact) mass is 248 g/mol. The predicted octanol–water partition coefficient (Wildman–Crippen LogP) is 4.74. The third kappa shape index (κ3) is 4.00. The first-order valence-corrected chi connectivity index (χ1v) is 6.96. The van der Waals surface area contributed by atoms with Crippen molar-refractivity contribution in [2.75, 3.05) is 0 Å². The standard InChI is InChI=1S/C19H20/c1-3-4-10-19-15-16(2)11-13-18(19)14-12-17-8-6-5-7-9-17/h5-9,11,13,15H,3-4,10H2,1-2H3. The Labute approximate surface area is 116 Å². The van der Waals surface area contributed by atoms with Crippen LogP contribution in [0, 0.1) is 18.8 Å². The summed E-state index contributed by atoms with van der Waals surface area (Å²) in [5, 5.41) is 0. The molecule has 0 saturated carbocycles. The van der Waals surface area contributed by atoms with Crippen LogP contribution >= 0.6 is 0 Å². The van der Waals surface area contributed by atoms with Crippen molar-refractivity contribution in [1.29, 1.82) is 0 Å². The predicted molar refractivity (Wildman–Crippen MR) is 82.2 cm³/mol. The van der Waals surface area contributed by atoms with Crippen molar-refractivity contribution in [2.45, 2.75) is 33.1 Å². The molecule has 0 nitrogen and oxygen atoms in total. The lowest BCUT2D eigenvalue weighted by molar-refractivity contribution is 0.793. The van der Waals surface area contributed by atoms with E-state index < -0.39 is 0 Å². The maximum absolute atomic E-state index is 3.32. The number of aryl methyl sites for hydroxylation is 2. The Bertz CT molecular complexity index is 582. The molecule has 0 aliphatic rings. The van der Waals surface area contributed by atoms with E-state index in [2.05, 4.69) is 43.9 Å². The highest BCUT2D eigenvalue weighted by molar-refractivity contribution is 5.47. The van der Waals surface area contributed by atoms with E-state index in [0.717, 1.165) is 12.0 Å². The van der Waals surface area contributed by atoms with Crippen molar-refractivity contribution >= 4 is 0 Å². The van der Waals surface area contributed by atoms with Crippen LogP contribution in [0.2, 0.25) is 0 Å².